The molecule has 2 N–H and O–H groups in total. The number of hydrogen-bond donors (Lipinski definition) is 2. The molecule has 3 rings (SSSR count). The second-order valence-electron chi connectivity index (χ2n) is 4.47. The molecule has 1 aliphatic heterocycles. The smallest absolute Gasteiger partial charge is 0.150 e. The molecule has 1 unspecified atom stereocenters. The molecule has 0 spiro atoms. The lowest BCUT2D eigenvalue weighted by Gasteiger charge is -2.15. The molecule has 0 radical (unpaired) electrons. The Labute approximate surface area is 122 Å². The van der Waals surface area contributed by atoms with Gasteiger partial charge in [-0.05, 0) is 34.1 Å². The molecule has 6 heteroatoms. The Kier molecular flexibility index (Phi) is 3.25. The van der Waals surface area contributed by atoms with Crippen LogP contribution in [0.2, 0.25) is 0 Å². The zero-order valence-electron chi connectivity index (χ0n) is 10.2. The van der Waals surface area contributed by atoms with Gasteiger partial charge in [0.05, 0.1) is 11.7 Å². The SMILES string of the molecule is Oc1ccc2c(c1)OCC2Nc1c(F)cc(F)cc1Br. The van der Waals surface area contributed by atoms with Crippen molar-refractivity contribution in [2.45, 2.75) is 6.04 Å². The molecule has 0 saturated carbocycles. The van der Waals surface area contributed by atoms with Crippen LogP contribution in [0.1, 0.15) is 11.6 Å². The number of phenols is 1. The highest BCUT2D eigenvalue weighted by Gasteiger charge is 2.26. The Morgan fingerprint density at radius 1 is 1.25 bits per heavy atom. The molecule has 0 fully saturated rings. The van der Waals surface area contributed by atoms with Crippen LogP contribution in [0.3, 0.4) is 0 Å². The number of hydrogen-bond acceptors (Lipinski definition) is 3. The topological polar surface area (TPSA) is 41.5 Å². The second-order valence-corrected chi connectivity index (χ2v) is 5.33. The molecule has 0 aromatic heterocycles. The van der Waals surface area contributed by atoms with Crippen LogP contribution in [-0.4, -0.2) is 11.7 Å². The van der Waals surface area contributed by atoms with E-state index in [2.05, 4.69) is 21.2 Å². The van der Waals surface area contributed by atoms with E-state index in [4.69, 9.17) is 4.74 Å². The summed E-state index contributed by atoms with van der Waals surface area (Å²) in [6, 6.07) is 6.51. The summed E-state index contributed by atoms with van der Waals surface area (Å²) < 4.78 is 32.6. The summed E-state index contributed by atoms with van der Waals surface area (Å²) in [4.78, 5) is 0. The number of nitrogens with one attached hydrogen (secondary N) is 1. The molecule has 1 heterocycles. The largest absolute Gasteiger partial charge is 0.508 e. The summed E-state index contributed by atoms with van der Waals surface area (Å²) in [5, 5.41) is 12.4. The molecule has 20 heavy (non-hydrogen) atoms. The highest BCUT2D eigenvalue weighted by atomic mass is 79.9. The van der Waals surface area contributed by atoms with Gasteiger partial charge >= 0.3 is 0 Å². The van der Waals surface area contributed by atoms with Gasteiger partial charge in [-0.2, -0.15) is 0 Å². The fraction of sp³-hybridized carbons (Fsp3) is 0.143. The molecule has 0 amide bonds. The van der Waals surface area contributed by atoms with Crippen molar-refractivity contribution in [2.75, 3.05) is 11.9 Å². The predicted octanol–water partition coefficient (Wildman–Crippen LogP) is 3.98. The minimum atomic E-state index is -0.677. The fourth-order valence-electron chi connectivity index (χ4n) is 2.17. The summed E-state index contributed by atoms with van der Waals surface area (Å²) in [6.45, 7) is 0.308. The lowest BCUT2D eigenvalue weighted by atomic mass is 10.1. The maximum absolute atomic E-state index is 13.8. The number of anilines is 1. The van der Waals surface area contributed by atoms with Crippen molar-refractivity contribution in [1.29, 1.82) is 0 Å². The van der Waals surface area contributed by atoms with Crippen LogP contribution in [-0.2, 0) is 0 Å². The van der Waals surface area contributed by atoms with Gasteiger partial charge in [-0.25, -0.2) is 8.78 Å². The van der Waals surface area contributed by atoms with E-state index in [1.165, 1.54) is 18.2 Å². The number of fused-ring (bicyclic) bond motifs is 1. The molecule has 2 aromatic carbocycles. The van der Waals surface area contributed by atoms with E-state index in [0.717, 1.165) is 11.6 Å². The standard InChI is InChI=1S/C14H10BrF2NO2/c15-10-3-7(16)4-11(17)14(10)18-12-6-20-13-5-8(19)1-2-9(12)13/h1-5,12,18-19H,6H2. The van der Waals surface area contributed by atoms with Gasteiger partial charge in [0, 0.05) is 22.2 Å². The number of aromatic hydroxyl groups is 1. The molecule has 0 saturated heterocycles. The molecule has 2 aromatic rings. The minimum absolute atomic E-state index is 0.110. The molecule has 0 bridgehead atoms. The van der Waals surface area contributed by atoms with Crippen LogP contribution >= 0.6 is 15.9 Å². The Hall–Kier alpha value is -1.82. The zero-order chi connectivity index (χ0) is 14.3. The summed E-state index contributed by atoms with van der Waals surface area (Å²) in [5.74, 6) is -0.656. The van der Waals surface area contributed by atoms with Crippen LogP contribution in [0, 0.1) is 11.6 Å². The van der Waals surface area contributed by atoms with E-state index in [1.54, 1.807) is 6.07 Å². The van der Waals surface area contributed by atoms with Crippen molar-refractivity contribution in [1.82, 2.24) is 0 Å². The highest BCUT2D eigenvalue weighted by Crippen LogP contribution is 2.38. The first kappa shape index (κ1) is 13.2. The number of benzene rings is 2. The first-order valence-electron chi connectivity index (χ1n) is 5.91. The normalized spacial score (nSPS) is 16.6. The molecule has 0 aliphatic carbocycles. The lowest BCUT2D eigenvalue weighted by molar-refractivity contribution is 0.338. The first-order chi connectivity index (χ1) is 9.54. The van der Waals surface area contributed by atoms with Crippen molar-refractivity contribution in [3.05, 3.63) is 52.0 Å². The van der Waals surface area contributed by atoms with Crippen LogP contribution in [0.25, 0.3) is 0 Å². The van der Waals surface area contributed by atoms with E-state index in [1.807, 2.05) is 0 Å². The first-order valence-corrected chi connectivity index (χ1v) is 6.70. The third kappa shape index (κ3) is 2.31. The quantitative estimate of drug-likeness (QED) is 0.868. The van der Waals surface area contributed by atoms with E-state index in [9.17, 15) is 13.9 Å². The maximum Gasteiger partial charge on any atom is 0.150 e. The highest BCUT2D eigenvalue weighted by molar-refractivity contribution is 9.10. The third-order valence-corrected chi connectivity index (χ3v) is 3.73. The maximum atomic E-state index is 13.8. The average Bonchev–Trinajstić information content (AvgIpc) is 2.76. The number of phenolic OH excluding ortho intramolecular Hbond substituents is 1. The third-order valence-electron chi connectivity index (χ3n) is 3.10. The average molecular weight is 342 g/mol. The van der Waals surface area contributed by atoms with Gasteiger partial charge < -0.3 is 15.2 Å². The van der Waals surface area contributed by atoms with Crippen LogP contribution in [0.5, 0.6) is 11.5 Å². The molecule has 1 aliphatic rings. The van der Waals surface area contributed by atoms with Crippen LogP contribution in [0.4, 0.5) is 14.5 Å². The number of halogens is 3. The lowest BCUT2D eigenvalue weighted by Crippen LogP contribution is -2.13. The summed E-state index contributed by atoms with van der Waals surface area (Å²) in [6.07, 6.45) is 0. The molecule has 3 nitrogen and oxygen atoms in total. The van der Waals surface area contributed by atoms with Gasteiger partial charge in [0.1, 0.15) is 29.7 Å². The summed E-state index contributed by atoms with van der Waals surface area (Å²) >= 11 is 3.13. The van der Waals surface area contributed by atoms with Crippen molar-refractivity contribution in [2.24, 2.45) is 0 Å². The number of ether oxygens (including phenoxy) is 1. The Bertz CT molecular complexity index is 655. The van der Waals surface area contributed by atoms with Crippen LogP contribution < -0.4 is 10.1 Å². The fourth-order valence-corrected chi connectivity index (χ4v) is 2.70. The van der Waals surface area contributed by atoms with Gasteiger partial charge in [0.2, 0.25) is 0 Å². The number of rotatable bonds is 2. The van der Waals surface area contributed by atoms with Gasteiger partial charge in [0.25, 0.3) is 0 Å². The zero-order valence-corrected chi connectivity index (χ0v) is 11.7. The van der Waals surface area contributed by atoms with Crippen molar-refractivity contribution < 1.29 is 18.6 Å². The Morgan fingerprint density at radius 2 is 2.05 bits per heavy atom. The van der Waals surface area contributed by atoms with E-state index in [0.29, 0.717) is 16.8 Å². The van der Waals surface area contributed by atoms with E-state index < -0.39 is 11.6 Å². The summed E-state index contributed by atoms with van der Waals surface area (Å²) in [7, 11) is 0. The van der Waals surface area contributed by atoms with Gasteiger partial charge in [0.15, 0.2) is 0 Å². The van der Waals surface area contributed by atoms with Crippen molar-refractivity contribution in [3.8, 4) is 11.5 Å². The Morgan fingerprint density at radius 3 is 2.80 bits per heavy atom. The van der Waals surface area contributed by atoms with Crippen molar-refractivity contribution in [3.63, 3.8) is 0 Å². The van der Waals surface area contributed by atoms with E-state index in [-0.39, 0.29) is 17.5 Å². The molecular weight excluding hydrogens is 332 g/mol. The van der Waals surface area contributed by atoms with Gasteiger partial charge in [-0.1, -0.05) is 0 Å². The summed E-state index contributed by atoms with van der Waals surface area (Å²) in [5.41, 5.74) is 0.999. The van der Waals surface area contributed by atoms with Gasteiger partial charge in [-0.15, -0.1) is 0 Å². The van der Waals surface area contributed by atoms with Gasteiger partial charge in [-0.3, -0.25) is 0 Å². The van der Waals surface area contributed by atoms with Crippen LogP contribution in [0.15, 0.2) is 34.8 Å². The van der Waals surface area contributed by atoms with Crippen molar-refractivity contribution >= 4 is 21.6 Å². The molecule has 1 atom stereocenters. The molecule has 104 valence electrons. The second kappa shape index (κ2) is 4.94. The molecular formula is C14H10BrF2NO2. The predicted molar refractivity (Wildman–Crippen MR) is 74.0 cm³/mol. The van der Waals surface area contributed by atoms with E-state index >= 15 is 0 Å². The minimum Gasteiger partial charge on any atom is -0.508 e. The Balaban J connectivity index is 1.91. The monoisotopic (exact) mass is 341 g/mol.